The van der Waals surface area contributed by atoms with Crippen LogP contribution in [0.5, 0.6) is 0 Å². The molecule has 0 aliphatic rings. The van der Waals surface area contributed by atoms with Gasteiger partial charge >= 0.3 is 5.97 Å². The topological polar surface area (TPSA) is 66.6 Å². The van der Waals surface area contributed by atoms with Gasteiger partial charge in [-0.25, -0.2) is 9.78 Å². The highest BCUT2D eigenvalue weighted by molar-refractivity contribution is 7.09. The Morgan fingerprint density at radius 3 is 2.94 bits per heavy atom. The first-order valence-electron chi connectivity index (χ1n) is 5.47. The maximum atomic E-state index is 10.7. The molecule has 0 atom stereocenters. The molecule has 0 unspecified atom stereocenters. The molecule has 18 heavy (non-hydrogen) atoms. The highest BCUT2D eigenvalue weighted by Gasteiger charge is 2.12. The molecule has 2 aromatic heterocycles. The Morgan fingerprint density at radius 2 is 2.33 bits per heavy atom. The van der Waals surface area contributed by atoms with Gasteiger partial charge < -0.3 is 14.4 Å². The Balaban J connectivity index is 2.11. The van der Waals surface area contributed by atoms with Crippen LogP contribution >= 0.6 is 11.3 Å². The zero-order valence-electron chi connectivity index (χ0n) is 10.2. The largest absolute Gasteiger partial charge is 0.478 e. The summed E-state index contributed by atoms with van der Waals surface area (Å²) in [5.74, 6) is -0.493. The lowest BCUT2D eigenvalue weighted by atomic mass is 10.3. The number of thiazole rings is 1. The summed E-state index contributed by atoms with van der Waals surface area (Å²) in [6, 6.07) is 1.49. The van der Waals surface area contributed by atoms with Gasteiger partial charge in [-0.1, -0.05) is 0 Å². The lowest BCUT2D eigenvalue weighted by Gasteiger charge is -2.06. The molecule has 1 N–H and O–H groups in total. The molecular weight excluding hydrogens is 252 g/mol. The van der Waals surface area contributed by atoms with E-state index in [2.05, 4.69) is 9.88 Å². The number of hydrogen-bond acceptors (Lipinski definition) is 5. The third-order valence-electron chi connectivity index (χ3n) is 2.42. The van der Waals surface area contributed by atoms with Crippen molar-refractivity contribution in [1.29, 1.82) is 0 Å². The molecule has 96 valence electrons. The maximum absolute atomic E-state index is 10.7. The average Bonchev–Trinajstić information content (AvgIpc) is 2.95. The van der Waals surface area contributed by atoms with E-state index >= 15 is 0 Å². The van der Waals surface area contributed by atoms with Crippen LogP contribution in [0.3, 0.4) is 0 Å². The standard InChI is InChI=1S/C12H14N2O3S/c1-14(2)4-3-11-13-9(7-18-11)10-5-8(6-17-10)12(15)16/h5-7H,3-4H2,1-2H3,(H,15,16). The van der Waals surface area contributed by atoms with Gasteiger partial charge in [-0.15, -0.1) is 11.3 Å². The van der Waals surface area contributed by atoms with Crippen molar-refractivity contribution >= 4 is 17.3 Å². The molecule has 6 heteroatoms. The van der Waals surface area contributed by atoms with E-state index in [1.807, 2.05) is 19.5 Å². The zero-order valence-corrected chi connectivity index (χ0v) is 11.0. The van der Waals surface area contributed by atoms with E-state index in [9.17, 15) is 4.79 Å². The number of nitrogens with zero attached hydrogens (tertiary/aromatic N) is 2. The number of hydrogen-bond donors (Lipinski definition) is 1. The van der Waals surface area contributed by atoms with Gasteiger partial charge in [-0.3, -0.25) is 0 Å². The van der Waals surface area contributed by atoms with Crippen LogP contribution in [-0.2, 0) is 6.42 Å². The molecule has 2 aromatic rings. The molecular formula is C12H14N2O3S. The number of carbonyl (C=O) groups is 1. The fraction of sp³-hybridized carbons (Fsp3) is 0.333. The van der Waals surface area contributed by atoms with E-state index in [1.54, 1.807) is 11.3 Å². The molecule has 0 aromatic carbocycles. The van der Waals surface area contributed by atoms with Crippen LogP contribution in [0.25, 0.3) is 11.5 Å². The molecule has 2 rings (SSSR count). The minimum Gasteiger partial charge on any atom is -0.478 e. The van der Waals surface area contributed by atoms with Crippen LogP contribution < -0.4 is 0 Å². The molecule has 5 nitrogen and oxygen atoms in total. The SMILES string of the molecule is CN(C)CCc1nc(-c2cc(C(=O)O)co2)cs1. The van der Waals surface area contributed by atoms with Gasteiger partial charge in [0.2, 0.25) is 0 Å². The summed E-state index contributed by atoms with van der Waals surface area (Å²) in [5.41, 5.74) is 0.842. The Kier molecular flexibility index (Phi) is 3.78. The first kappa shape index (κ1) is 12.8. The number of rotatable bonds is 5. The summed E-state index contributed by atoms with van der Waals surface area (Å²) >= 11 is 1.56. The number of aromatic carboxylic acids is 1. The van der Waals surface area contributed by atoms with Crippen LogP contribution in [-0.4, -0.2) is 41.6 Å². The molecule has 0 bridgehead atoms. The van der Waals surface area contributed by atoms with Crippen molar-refractivity contribution in [2.75, 3.05) is 20.6 Å². The second-order valence-corrected chi connectivity index (χ2v) is 5.13. The van der Waals surface area contributed by atoms with Crippen molar-refractivity contribution in [1.82, 2.24) is 9.88 Å². The van der Waals surface area contributed by atoms with Crippen molar-refractivity contribution in [2.24, 2.45) is 0 Å². The summed E-state index contributed by atoms with van der Waals surface area (Å²) in [4.78, 5) is 17.3. The molecule has 0 amide bonds. The second kappa shape index (κ2) is 5.32. The quantitative estimate of drug-likeness (QED) is 0.898. The summed E-state index contributed by atoms with van der Waals surface area (Å²) in [6.45, 7) is 0.936. The molecule has 0 aliphatic carbocycles. The highest BCUT2D eigenvalue weighted by Crippen LogP contribution is 2.24. The van der Waals surface area contributed by atoms with Gasteiger partial charge in [0.05, 0.1) is 10.6 Å². The van der Waals surface area contributed by atoms with E-state index in [-0.39, 0.29) is 5.56 Å². The number of carboxylic acid groups (broad SMARTS) is 1. The minimum atomic E-state index is -0.993. The van der Waals surface area contributed by atoms with Crippen molar-refractivity contribution in [3.05, 3.63) is 28.3 Å². The summed E-state index contributed by atoms with van der Waals surface area (Å²) in [6.07, 6.45) is 2.11. The third kappa shape index (κ3) is 2.96. The van der Waals surface area contributed by atoms with Gasteiger partial charge in [0.1, 0.15) is 12.0 Å². The molecule has 0 saturated carbocycles. The molecule has 0 spiro atoms. The molecule has 0 saturated heterocycles. The van der Waals surface area contributed by atoms with Gasteiger partial charge in [0.25, 0.3) is 0 Å². The van der Waals surface area contributed by atoms with Crippen molar-refractivity contribution in [2.45, 2.75) is 6.42 Å². The molecule has 2 heterocycles. The van der Waals surface area contributed by atoms with Gasteiger partial charge in [0, 0.05) is 24.4 Å². The van der Waals surface area contributed by atoms with Crippen LogP contribution in [0.2, 0.25) is 0 Å². The predicted molar refractivity (Wildman–Crippen MR) is 69.0 cm³/mol. The fourth-order valence-corrected chi connectivity index (χ4v) is 2.22. The lowest BCUT2D eigenvalue weighted by molar-refractivity contribution is 0.0696. The summed E-state index contributed by atoms with van der Waals surface area (Å²) in [7, 11) is 4.03. The third-order valence-corrected chi connectivity index (χ3v) is 3.33. The number of likely N-dealkylation sites (N-methyl/N-ethyl adjacent to an activating group) is 1. The van der Waals surface area contributed by atoms with Crippen molar-refractivity contribution < 1.29 is 14.3 Å². The lowest BCUT2D eigenvalue weighted by Crippen LogP contribution is -2.14. The normalized spacial score (nSPS) is 11.1. The van der Waals surface area contributed by atoms with Crippen LogP contribution in [0.15, 0.2) is 22.1 Å². The maximum Gasteiger partial charge on any atom is 0.338 e. The number of aromatic nitrogens is 1. The van der Waals surface area contributed by atoms with Crippen LogP contribution in [0.4, 0.5) is 0 Å². The molecule has 0 aliphatic heterocycles. The predicted octanol–water partition coefficient (Wildman–Crippen LogP) is 2.21. The van der Waals surface area contributed by atoms with Crippen molar-refractivity contribution in [3.8, 4) is 11.5 Å². The molecule has 0 radical (unpaired) electrons. The van der Waals surface area contributed by atoms with Crippen molar-refractivity contribution in [3.63, 3.8) is 0 Å². The Labute approximate surface area is 109 Å². The summed E-state index contributed by atoms with van der Waals surface area (Å²) in [5, 5.41) is 11.7. The Hall–Kier alpha value is -1.66. The fourth-order valence-electron chi connectivity index (χ4n) is 1.44. The Morgan fingerprint density at radius 1 is 1.56 bits per heavy atom. The van der Waals surface area contributed by atoms with Gasteiger partial charge in [-0.05, 0) is 14.1 Å². The second-order valence-electron chi connectivity index (χ2n) is 4.18. The Bertz CT molecular complexity index is 545. The first-order valence-corrected chi connectivity index (χ1v) is 6.35. The smallest absolute Gasteiger partial charge is 0.338 e. The van der Waals surface area contributed by atoms with E-state index in [0.717, 1.165) is 18.0 Å². The van der Waals surface area contributed by atoms with E-state index < -0.39 is 5.97 Å². The van der Waals surface area contributed by atoms with Crippen LogP contribution in [0.1, 0.15) is 15.4 Å². The van der Waals surface area contributed by atoms with Crippen LogP contribution in [0, 0.1) is 0 Å². The zero-order chi connectivity index (χ0) is 13.1. The van der Waals surface area contributed by atoms with Gasteiger partial charge in [-0.2, -0.15) is 0 Å². The highest BCUT2D eigenvalue weighted by atomic mass is 32.1. The van der Waals surface area contributed by atoms with E-state index in [0.29, 0.717) is 11.5 Å². The number of carboxylic acids is 1. The number of furan rings is 1. The average molecular weight is 266 g/mol. The molecule has 0 fully saturated rings. The first-order chi connectivity index (χ1) is 8.56. The summed E-state index contributed by atoms with van der Waals surface area (Å²) < 4.78 is 5.20. The van der Waals surface area contributed by atoms with Gasteiger partial charge in [0.15, 0.2) is 5.76 Å². The minimum absolute atomic E-state index is 0.146. The van der Waals surface area contributed by atoms with E-state index in [1.165, 1.54) is 12.3 Å². The van der Waals surface area contributed by atoms with E-state index in [4.69, 9.17) is 9.52 Å². The monoisotopic (exact) mass is 266 g/mol.